The molecule has 0 bridgehead atoms. The number of benzene rings is 1. The van der Waals surface area contributed by atoms with E-state index in [1.807, 2.05) is 37.3 Å². The minimum Gasteiger partial charge on any atom is -0.478 e. The summed E-state index contributed by atoms with van der Waals surface area (Å²) in [6.07, 6.45) is 0. The predicted octanol–water partition coefficient (Wildman–Crippen LogP) is 5.07. The number of hydrogen-bond acceptors (Lipinski definition) is 9. The van der Waals surface area contributed by atoms with E-state index in [9.17, 15) is 15.2 Å². The summed E-state index contributed by atoms with van der Waals surface area (Å²) in [7, 11) is 0. The van der Waals surface area contributed by atoms with Crippen molar-refractivity contribution in [3.8, 4) is 34.3 Å². The van der Waals surface area contributed by atoms with Crippen molar-refractivity contribution in [3.63, 3.8) is 0 Å². The molecule has 0 unspecified atom stereocenters. The molecule has 9 nitrogen and oxygen atoms in total. The number of pyridine rings is 1. The Hall–Kier alpha value is -4.20. The number of thiophene rings is 1. The normalized spacial score (nSPS) is 13.4. The maximum Gasteiger partial charge on any atom is 0.336 e. The number of carbonyl (C=O) groups is 1. The molecule has 1 aromatic carbocycles. The zero-order valence-electron chi connectivity index (χ0n) is 20.4. The van der Waals surface area contributed by atoms with Gasteiger partial charge in [-0.3, -0.25) is 0 Å². The average Bonchev–Trinajstić information content (AvgIpc) is 3.53. The summed E-state index contributed by atoms with van der Waals surface area (Å²) in [5, 5.41) is 25.3. The van der Waals surface area contributed by atoms with Crippen molar-refractivity contribution in [2.24, 2.45) is 0 Å². The second-order valence-corrected chi connectivity index (χ2v) is 9.54. The third-order valence-electron chi connectivity index (χ3n) is 6.26. The first kappa shape index (κ1) is 24.5. The summed E-state index contributed by atoms with van der Waals surface area (Å²) >= 11 is 1.28. The molecule has 0 saturated carbocycles. The van der Waals surface area contributed by atoms with Crippen LogP contribution in [0.4, 0.5) is 5.69 Å². The van der Waals surface area contributed by atoms with E-state index in [0.717, 1.165) is 24.3 Å². The van der Waals surface area contributed by atoms with Crippen LogP contribution in [0.1, 0.15) is 32.3 Å². The number of aromatic carboxylic acids is 1. The van der Waals surface area contributed by atoms with Crippen LogP contribution in [0.25, 0.3) is 22.4 Å². The maximum absolute atomic E-state index is 11.5. The standard InChI is InChI=1S/C27H24N4O5S/c1-16-25(17(2)36-30-16)21-13-23(18-3-5-19(6-4-18)31-8-10-34-11-9-31)29-26(22(21)14-28)35-15-24-20(27(32)33)7-12-37-24/h3-7,12-13H,8-11,15H2,1-2H3,(H,32,33). The molecule has 1 aliphatic heterocycles. The molecule has 0 radical (unpaired) electrons. The molecule has 1 aliphatic rings. The van der Waals surface area contributed by atoms with E-state index in [2.05, 4.69) is 21.1 Å². The molecule has 10 heteroatoms. The molecular formula is C27H24N4O5S. The summed E-state index contributed by atoms with van der Waals surface area (Å²) in [6, 6.07) is 13.7. The highest BCUT2D eigenvalue weighted by molar-refractivity contribution is 7.10. The second-order valence-electron chi connectivity index (χ2n) is 8.54. The number of nitrogens with zero attached hydrogens (tertiary/aromatic N) is 4. The molecule has 4 aromatic rings. The van der Waals surface area contributed by atoms with Gasteiger partial charge in [0.05, 0.1) is 35.0 Å². The number of nitriles is 1. The number of carboxylic acid groups (broad SMARTS) is 1. The smallest absolute Gasteiger partial charge is 0.336 e. The zero-order chi connectivity index (χ0) is 25.9. The molecule has 188 valence electrons. The van der Waals surface area contributed by atoms with Crippen LogP contribution in [0.3, 0.4) is 0 Å². The Kier molecular flexibility index (Phi) is 6.90. The lowest BCUT2D eigenvalue weighted by atomic mass is 9.97. The monoisotopic (exact) mass is 516 g/mol. The molecule has 3 aromatic heterocycles. The molecule has 1 saturated heterocycles. The van der Waals surface area contributed by atoms with Crippen molar-refractivity contribution < 1.29 is 23.9 Å². The third kappa shape index (κ3) is 4.91. The molecule has 0 amide bonds. The first-order chi connectivity index (χ1) is 18.0. The first-order valence-corrected chi connectivity index (χ1v) is 12.6. The summed E-state index contributed by atoms with van der Waals surface area (Å²) in [4.78, 5) is 19.0. The molecule has 1 fully saturated rings. The number of aromatic nitrogens is 2. The second kappa shape index (κ2) is 10.4. The van der Waals surface area contributed by atoms with Gasteiger partial charge in [0, 0.05) is 35.5 Å². The highest BCUT2D eigenvalue weighted by Gasteiger charge is 2.23. The average molecular weight is 517 g/mol. The molecule has 1 N–H and O–H groups in total. The van der Waals surface area contributed by atoms with Gasteiger partial charge in [-0.05, 0) is 43.5 Å². The van der Waals surface area contributed by atoms with Gasteiger partial charge in [-0.15, -0.1) is 11.3 Å². The van der Waals surface area contributed by atoms with Crippen molar-refractivity contribution in [1.82, 2.24) is 10.1 Å². The summed E-state index contributed by atoms with van der Waals surface area (Å²) in [5.74, 6) is -0.331. The fourth-order valence-corrected chi connectivity index (χ4v) is 5.17. The van der Waals surface area contributed by atoms with Gasteiger partial charge >= 0.3 is 5.97 Å². The van der Waals surface area contributed by atoms with Crippen molar-refractivity contribution in [1.29, 1.82) is 5.26 Å². The molecule has 4 heterocycles. The number of carboxylic acids is 1. The van der Waals surface area contributed by atoms with Crippen LogP contribution in [0.5, 0.6) is 5.88 Å². The van der Waals surface area contributed by atoms with Gasteiger partial charge in [0.25, 0.3) is 0 Å². The summed E-state index contributed by atoms with van der Waals surface area (Å²) in [5.41, 5.74) is 4.91. The van der Waals surface area contributed by atoms with Crippen LogP contribution < -0.4 is 9.64 Å². The van der Waals surface area contributed by atoms with Crippen molar-refractivity contribution in [2.75, 3.05) is 31.2 Å². The van der Waals surface area contributed by atoms with E-state index in [4.69, 9.17) is 14.0 Å². The van der Waals surface area contributed by atoms with E-state index < -0.39 is 5.97 Å². The summed E-state index contributed by atoms with van der Waals surface area (Å²) < 4.78 is 16.8. The van der Waals surface area contributed by atoms with Crippen molar-refractivity contribution >= 4 is 23.0 Å². The van der Waals surface area contributed by atoms with Crippen LogP contribution in [0.2, 0.25) is 0 Å². The first-order valence-electron chi connectivity index (χ1n) is 11.7. The maximum atomic E-state index is 11.5. The summed E-state index contributed by atoms with van der Waals surface area (Å²) in [6.45, 7) is 6.66. The van der Waals surface area contributed by atoms with Crippen LogP contribution in [-0.2, 0) is 11.3 Å². The van der Waals surface area contributed by atoms with Gasteiger partial charge in [-0.2, -0.15) is 5.26 Å². The lowest BCUT2D eigenvalue weighted by Crippen LogP contribution is -2.36. The molecule has 0 spiro atoms. The number of morpholine rings is 1. The Balaban J connectivity index is 1.56. The van der Waals surface area contributed by atoms with Crippen LogP contribution >= 0.6 is 11.3 Å². The SMILES string of the molecule is Cc1noc(C)c1-c1cc(-c2ccc(N3CCOCC3)cc2)nc(OCc2sccc2C(=O)O)c1C#N. The Morgan fingerprint density at radius 2 is 1.97 bits per heavy atom. The van der Waals surface area contributed by atoms with E-state index >= 15 is 0 Å². The van der Waals surface area contributed by atoms with Gasteiger partial charge in [0.1, 0.15) is 24.0 Å². The predicted molar refractivity (Wildman–Crippen MR) is 138 cm³/mol. The van der Waals surface area contributed by atoms with Crippen LogP contribution in [0, 0.1) is 25.2 Å². The number of rotatable bonds is 7. The number of hydrogen-bond donors (Lipinski definition) is 1. The number of anilines is 1. The minimum atomic E-state index is -1.03. The molecule has 37 heavy (non-hydrogen) atoms. The molecule has 5 rings (SSSR count). The van der Waals surface area contributed by atoms with Crippen molar-refractivity contribution in [2.45, 2.75) is 20.5 Å². The molecule has 0 aliphatic carbocycles. The zero-order valence-corrected chi connectivity index (χ0v) is 21.2. The van der Waals surface area contributed by atoms with Crippen molar-refractivity contribution in [3.05, 3.63) is 69.2 Å². The van der Waals surface area contributed by atoms with Gasteiger partial charge in [-0.1, -0.05) is 17.3 Å². The highest BCUT2D eigenvalue weighted by Crippen LogP contribution is 2.37. The Morgan fingerprint density at radius 1 is 1.22 bits per heavy atom. The van der Waals surface area contributed by atoms with E-state index in [1.165, 1.54) is 17.4 Å². The highest BCUT2D eigenvalue weighted by atomic mass is 32.1. The topological polar surface area (TPSA) is 122 Å². The largest absolute Gasteiger partial charge is 0.478 e. The van der Waals surface area contributed by atoms with E-state index in [1.54, 1.807) is 12.3 Å². The minimum absolute atomic E-state index is 0.0263. The van der Waals surface area contributed by atoms with E-state index in [0.29, 0.717) is 46.4 Å². The van der Waals surface area contributed by atoms with Crippen LogP contribution in [0.15, 0.2) is 46.3 Å². The van der Waals surface area contributed by atoms with Gasteiger partial charge < -0.3 is 24.0 Å². The van der Waals surface area contributed by atoms with Gasteiger partial charge in [0.15, 0.2) is 0 Å². The Bertz CT molecular complexity index is 1460. The Morgan fingerprint density at radius 3 is 2.62 bits per heavy atom. The van der Waals surface area contributed by atoms with E-state index in [-0.39, 0.29) is 23.6 Å². The van der Waals surface area contributed by atoms with Crippen LogP contribution in [-0.4, -0.2) is 47.5 Å². The third-order valence-corrected chi connectivity index (χ3v) is 7.15. The number of ether oxygens (including phenoxy) is 2. The lowest BCUT2D eigenvalue weighted by Gasteiger charge is -2.28. The van der Waals surface area contributed by atoms with Gasteiger partial charge in [0.2, 0.25) is 5.88 Å². The fourth-order valence-electron chi connectivity index (χ4n) is 4.39. The molecule has 0 atom stereocenters. The number of aryl methyl sites for hydroxylation is 2. The quantitative estimate of drug-likeness (QED) is 0.359. The molecular weight excluding hydrogens is 492 g/mol. The fraction of sp³-hybridized carbons (Fsp3) is 0.259. The Labute approximate surface area is 217 Å². The lowest BCUT2D eigenvalue weighted by molar-refractivity contribution is 0.0694. The van der Waals surface area contributed by atoms with Gasteiger partial charge in [-0.25, -0.2) is 9.78 Å².